The van der Waals surface area contributed by atoms with E-state index in [1.165, 1.54) is 4.68 Å². The highest BCUT2D eigenvalue weighted by molar-refractivity contribution is 5.92. The van der Waals surface area contributed by atoms with Gasteiger partial charge in [0.25, 0.3) is 5.91 Å². The first kappa shape index (κ1) is 15.0. The van der Waals surface area contributed by atoms with Gasteiger partial charge in [-0.15, -0.1) is 0 Å². The van der Waals surface area contributed by atoms with Crippen LogP contribution >= 0.6 is 0 Å². The monoisotopic (exact) mass is 329 g/mol. The fourth-order valence-electron chi connectivity index (χ4n) is 3.30. The quantitative estimate of drug-likeness (QED) is 0.755. The Hall–Kier alpha value is -3.59. The number of nitrogens with zero attached hydrogens (tertiary/aromatic N) is 3. The van der Waals surface area contributed by atoms with Crippen molar-refractivity contribution >= 4 is 11.9 Å². The number of hydrogen-bond donors (Lipinski definition) is 2. The molecule has 0 saturated carbocycles. The first-order valence-electron chi connectivity index (χ1n) is 7.89. The van der Waals surface area contributed by atoms with Crippen molar-refractivity contribution in [3.63, 3.8) is 0 Å². The second kappa shape index (κ2) is 5.80. The fraction of sp³-hybridized carbons (Fsp3) is 0.105. The first-order valence-corrected chi connectivity index (χ1v) is 7.89. The van der Waals surface area contributed by atoms with E-state index < -0.39 is 11.8 Å². The zero-order valence-corrected chi connectivity index (χ0v) is 13.3. The van der Waals surface area contributed by atoms with Gasteiger partial charge in [-0.1, -0.05) is 60.7 Å². The van der Waals surface area contributed by atoms with Crippen LogP contribution in [0.5, 0.6) is 0 Å². The molecule has 0 saturated heterocycles. The van der Waals surface area contributed by atoms with Crippen molar-refractivity contribution in [3.8, 4) is 17.3 Å². The van der Waals surface area contributed by atoms with Crippen LogP contribution in [0, 0.1) is 17.2 Å². The van der Waals surface area contributed by atoms with Crippen LogP contribution in [-0.2, 0) is 4.79 Å². The average Bonchev–Trinajstić information content (AvgIpc) is 2.98. The number of anilines is 1. The van der Waals surface area contributed by atoms with E-state index in [1.54, 1.807) is 0 Å². The number of rotatable bonds is 2. The summed E-state index contributed by atoms with van der Waals surface area (Å²) >= 11 is 0. The predicted molar refractivity (Wildman–Crippen MR) is 93.8 cm³/mol. The Kier molecular flexibility index (Phi) is 3.47. The molecule has 0 unspecified atom stereocenters. The van der Waals surface area contributed by atoms with Crippen molar-refractivity contribution in [1.29, 1.82) is 5.26 Å². The third-order valence-electron chi connectivity index (χ3n) is 4.42. The van der Waals surface area contributed by atoms with Gasteiger partial charge in [-0.3, -0.25) is 10.2 Å². The highest BCUT2D eigenvalue weighted by atomic mass is 16.2. The lowest BCUT2D eigenvalue weighted by Crippen LogP contribution is -2.40. The normalized spacial score (nSPS) is 18.9. The van der Waals surface area contributed by atoms with Crippen LogP contribution in [-0.4, -0.2) is 15.6 Å². The molecule has 4 rings (SSSR count). The van der Waals surface area contributed by atoms with E-state index in [0.29, 0.717) is 5.69 Å². The molecule has 2 atom stereocenters. The largest absolute Gasteiger partial charge is 0.368 e. The van der Waals surface area contributed by atoms with Crippen LogP contribution < -0.4 is 11.2 Å². The van der Waals surface area contributed by atoms with E-state index in [-0.39, 0.29) is 11.9 Å². The Bertz CT molecular complexity index is 972. The first-order chi connectivity index (χ1) is 12.2. The number of amides is 1. The molecule has 1 aromatic heterocycles. The Morgan fingerprint density at radius 2 is 1.72 bits per heavy atom. The summed E-state index contributed by atoms with van der Waals surface area (Å²) in [6.07, 6.45) is 0. The van der Waals surface area contributed by atoms with Gasteiger partial charge in [0.2, 0.25) is 5.95 Å². The molecule has 3 N–H and O–H groups in total. The van der Waals surface area contributed by atoms with Gasteiger partial charge in [0.1, 0.15) is 5.92 Å². The van der Waals surface area contributed by atoms with E-state index >= 15 is 0 Å². The number of nitrogens with one attached hydrogen (secondary N) is 1. The highest BCUT2D eigenvalue weighted by Gasteiger charge is 2.41. The minimum absolute atomic E-state index is 0.194. The lowest BCUT2D eigenvalue weighted by molar-refractivity contribution is -0.120. The van der Waals surface area contributed by atoms with Crippen LogP contribution in [0.25, 0.3) is 11.3 Å². The van der Waals surface area contributed by atoms with Crippen molar-refractivity contribution in [2.24, 2.45) is 5.92 Å². The molecule has 0 bridgehead atoms. The van der Waals surface area contributed by atoms with Crippen LogP contribution in [0.2, 0.25) is 0 Å². The van der Waals surface area contributed by atoms with Crippen LogP contribution in [0.3, 0.4) is 0 Å². The van der Waals surface area contributed by atoms with E-state index in [4.69, 9.17) is 5.73 Å². The summed E-state index contributed by atoms with van der Waals surface area (Å²) in [5.74, 6) is -1.49. The SMILES string of the molecule is N#C[C@H]1C(=O)Nn2c(N)nc(-c3ccccc3)c2[C@@H]1c1ccccc1. The summed E-state index contributed by atoms with van der Waals surface area (Å²) in [7, 11) is 0. The molecule has 1 aliphatic heterocycles. The molecule has 2 heterocycles. The highest BCUT2D eigenvalue weighted by Crippen LogP contribution is 2.41. The number of aromatic nitrogens is 2. The molecule has 25 heavy (non-hydrogen) atoms. The summed E-state index contributed by atoms with van der Waals surface area (Å²) in [4.78, 5) is 16.9. The zero-order chi connectivity index (χ0) is 17.4. The summed E-state index contributed by atoms with van der Waals surface area (Å²) < 4.78 is 1.50. The van der Waals surface area contributed by atoms with E-state index in [0.717, 1.165) is 16.8 Å². The Morgan fingerprint density at radius 3 is 2.36 bits per heavy atom. The Labute approximate surface area is 144 Å². The number of nitrogen functional groups attached to an aromatic ring is 1. The molecular formula is C19H15N5O. The average molecular weight is 329 g/mol. The standard InChI is InChI=1S/C19H15N5O/c20-11-14-15(12-7-3-1-4-8-12)17-16(13-9-5-2-6-10-13)22-19(21)24(17)23-18(14)25/h1-10,14-15H,(H2,21,22)(H,23,25)/t14-,15-/m1/s1. The van der Waals surface area contributed by atoms with Crippen LogP contribution in [0.1, 0.15) is 17.2 Å². The van der Waals surface area contributed by atoms with E-state index in [2.05, 4.69) is 16.5 Å². The van der Waals surface area contributed by atoms with Crippen molar-refractivity contribution in [1.82, 2.24) is 9.66 Å². The lowest BCUT2D eigenvalue weighted by atomic mass is 9.81. The number of imidazole rings is 1. The molecule has 0 spiro atoms. The predicted octanol–water partition coefficient (Wildman–Crippen LogP) is 2.49. The molecule has 1 aliphatic rings. The van der Waals surface area contributed by atoms with Gasteiger partial charge in [0.05, 0.1) is 23.4 Å². The summed E-state index contributed by atoms with van der Waals surface area (Å²) in [5, 5.41) is 9.62. The molecule has 3 aromatic rings. The minimum atomic E-state index is -0.853. The molecule has 0 radical (unpaired) electrons. The van der Waals surface area contributed by atoms with Gasteiger partial charge in [-0.2, -0.15) is 5.26 Å². The molecule has 6 heteroatoms. The maximum Gasteiger partial charge on any atom is 0.257 e. The number of carbonyl (C=O) groups excluding carboxylic acids is 1. The maximum absolute atomic E-state index is 12.4. The number of benzene rings is 2. The number of nitrogens with two attached hydrogens (primary N) is 1. The maximum atomic E-state index is 12.4. The summed E-state index contributed by atoms with van der Waals surface area (Å²) in [5.41, 5.74) is 11.9. The van der Waals surface area contributed by atoms with Crippen molar-refractivity contribution in [2.45, 2.75) is 5.92 Å². The molecule has 1 amide bonds. The van der Waals surface area contributed by atoms with Gasteiger partial charge in [0.15, 0.2) is 0 Å². The Balaban J connectivity index is 1.99. The molecule has 2 aromatic carbocycles. The molecular weight excluding hydrogens is 314 g/mol. The topological polar surface area (TPSA) is 96.7 Å². The molecule has 0 fully saturated rings. The van der Waals surface area contributed by atoms with Gasteiger partial charge < -0.3 is 5.73 Å². The molecule has 6 nitrogen and oxygen atoms in total. The number of carbonyl (C=O) groups is 1. The third kappa shape index (κ3) is 2.34. The Morgan fingerprint density at radius 1 is 1.08 bits per heavy atom. The molecule has 122 valence electrons. The van der Waals surface area contributed by atoms with E-state index in [1.807, 2.05) is 60.7 Å². The summed E-state index contributed by atoms with van der Waals surface area (Å²) in [6, 6.07) is 21.3. The van der Waals surface area contributed by atoms with E-state index in [9.17, 15) is 10.1 Å². The smallest absolute Gasteiger partial charge is 0.257 e. The van der Waals surface area contributed by atoms with Crippen LogP contribution in [0.4, 0.5) is 5.95 Å². The lowest BCUT2D eigenvalue weighted by Gasteiger charge is -2.29. The van der Waals surface area contributed by atoms with Gasteiger partial charge >= 0.3 is 0 Å². The zero-order valence-electron chi connectivity index (χ0n) is 13.3. The number of nitriles is 1. The van der Waals surface area contributed by atoms with Crippen LogP contribution in [0.15, 0.2) is 60.7 Å². The third-order valence-corrected chi connectivity index (χ3v) is 4.42. The van der Waals surface area contributed by atoms with Gasteiger partial charge in [-0.05, 0) is 5.56 Å². The molecule has 0 aliphatic carbocycles. The van der Waals surface area contributed by atoms with Crippen molar-refractivity contribution in [2.75, 3.05) is 11.2 Å². The fourth-order valence-corrected chi connectivity index (χ4v) is 3.30. The van der Waals surface area contributed by atoms with Gasteiger partial charge in [0, 0.05) is 5.56 Å². The van der Waals surface area contributed by atoms with Gasteiger partial charge in [-0.25, -0.2) is 9.66 Å². The second-order valence-corrected chi connectivity index (χ2v) is 5.88. The van der Waals surface area contributed by atoms with Crippen molar-refractivity contribution in [3.05, 3.63) is 71.9 Å². The number of hydrogen-bond acceptors (Lipinski definition) is 4. The summed E-state index contributed by atoms with van der Waals surface area (Å²) in [6.45, 7) is 0. The minimum Gasteiger partial charge on any atom is -0.368 e. The second-order valence-electron chi connectivity index (χ2n) is 5.88. The number of fused-ring (bicyclic) bond motifs is 1. The van der Waals surface area contributed by atoms with Crippen molar-refractivity contribution < 1.29 is 4.79 Å².